The Morgan fingerprint density at radius 1 is 0.809 bits per heavy atom. The number of ether oxygens (including phenoxy) is 2. The van der Waals surface area contributed by atoms with E-state index in [4.69, 9.17) is 14.6 Å². The van der Waals surface area contributed by atoms with Crippen LogP contribution in [-0.2, 0) is 32.2 Å². The molecule has 0 aromatic heterocycles. The molecule has 0 spiro atoms. The number of aliphatic hydroxyl groups is 1. The number of aliphatic carboxylic acids is 1. The van der Waals surface area contributed by atoms with Crippen LogP contribution in [0.5, 0.6) is 0 Å². The molecular weight excluding hydrogens is 618 g/mol. The van der Waals surface area contributed by atoms with Crippen molar-refractivity contribution in [2.45, 2.75) is 56.3 Å². The zero-order valence-corrected chi connectivity index (χ0v) is 26.7. The smallest absolute Gasteiger partial charge is 0.335 e. The average molecular weight is 656 g/mol. The van der Waals surface area contributed by atoms with Crippen LogP contribution in [0, 0.1) is 5.92 Å². The maximum absolute atomic E-state index is 12.1. The van der Waals surface area contributed by atoms with Crippen LogP contribution in [0.2, 0.25) is 0 Å². The molecule has 4 N–H and O–H groups in total. The van der Waals surface area contributed by atoms with Gasteiger partial charge in [0.2, 0.25) is 5.91 Å². The molecule has 0 radical (unpaired) electrons. The molecule has 1 saturated heterocycles. The number of carboxylic acid groups (broad SMARTS) is 2. The Bertz CT molecular complexity index is 1670. The van der Waals surface area contributed by atoms with Crippen LogP contribution >= 0.6 is 11.8 Å². The number of nitrogens with one attached hydrogen (secondary N) is 1. The Kier molecular flexibility index (Phi) is 11.4. The van der Waals surface area contributed by atoms with Crippen molar-refractivity contribution in [1.82, 2.24) is 5.32 Å². The first-order valence-corrected chi connectivity index (χ1v) is 16.3. The topological polar surface area (TPSA) is 142 Å². The first-order chi connectivity index (χ1) is 22.7. The first kappa shape index (κ1) is 33.9. The summed E-state index contributed by atoms with van der Waals surface area (Å²) < 4.78 is 13.2. The molecule has 1 amide bonds. The van der Waals surface area contributed by atoms with Gasteiger partial charge in [0, 0.05) is 35.1 Å². The number of thioether (sulfide) groups is 1. The van der Waals surface area contributed by atoms with Crippen molar-refractivity contribution in [3.8, 4) is 11.1 Å². The summed E-state index contributed by atoms with van der Waals surface area (Å²) in [7, 11) is 0. The van der Waals surface area contributed by atoms with Crippen LogP contribution in [0.25, 0.3) is 11.1 Å². The summed E-state index contributed by atoms with van der Waals surface area (Å²) in [6.07, 6.45) is -1.40. The lowest BCUT2D eigenvalue weighted by atomic mass is 9.91. The molecule has 5 rings (SSSR count). The molecular formula is C37H37NO8S. The molecule has 4 aromatic rings. The molecule has 4 atom stereocenters. The first-order valence-electron chi connectivity index (χ1n) is 15.4. The Balaban J connectivity index is 1.34. The summed E-state index contributed by atoms with van der Waals surface area (Å²) in [6, 6.07) is 30.2. The molecule has 1 aliphatic heterocycles. The molecule has 10 heteroatoms. The second kappa shape index (κ2) is 15.9. The van der Waals surface area contributed by atoms with E-state index in [1.54, 1.807) is 36.0 Å². The number of aliphatic hydroxyl groups excluding tert-OH is 1. The summed E-state index contributed by atoms with van der Waals surface area (Å²) in [5, 5.41) is 30.4. The average Bonchev–Trinajstić information content (AvgIpc) is 3.10. The lowest BCUT2D eigenvalue weighted by Gasteiger charge is -2.41. The fourth-order valence-electron chi connectivity index (χ4n) is 5.46. The van der Waals surface area contributed by atoms with Crippen LogP contribution in [0.1, 0.15) is 64.8 Å². The zero-order valence-electron chi connectivity index (χ0n) is 25.9. The lowest BCUT2D eigenvalue weighted by Crippen LogP contribution is -2.38. The van der Waals surface area contributed by atoms with E-state index in [2.05, 4.69) is 12.2 Å². The predicted octanol–water partition coefficient (Wildman–Crippen LogP) is 6.61. The minimum Gasteiger partial charge on any atom is -0.481 e. The number of amides is 1. The summed E-state index contributed by atoms with van der Waals surface area (Å²) in [5.74, 6) is -1.67. The molecule has 47 heavy (non-hydrogen) atoms. The Labute approximate surface area is 277 Å². The van der Waals surface area contributed by atoms with Gasteiger partial charge >= 0.3 is 11.9 Å². The van der Waals surface area contributed by atoms with Crippen LogP contribution < -0.4 is 5.32 Å². The van der Waals surface area contributed by atoms with Crippen LogP contribution in [0.3, 0.4) is 0 Å². The summed E-state index contributed by atoms with van der Waals surface area (Å²) in [4.78, 5) is 35.1. The minimum atomic E-state index is -1.01. The van der Waals surface area contributed by atoms with Gasteiger partial charge in [0.1, 0.15) is 0 Å². The summed E-state index contributed by atoms with van der Waals surface area (Å²) in [6.45, 7) is 2.33. The van der Waals surface area contributed by atoms with Gasteiger partial charge in [-0.15, -0.1) is 11.8 Å². The quantitative estimate of drug-likeness (QED) is 0.117. The molecule has 4 aromatic carbocycles. The highest BCUT2D eigenvalue weighted by atomic mass is 32.2. The third-order valence-electron chi connectivity index (χ3n) is 8.19. The van der Waals surface area contributed by atoms with E-state index in [-0.39, 0.29) is 55.6 Å². The fraction of sp³-hybridized carbons (Fsp3) is 0.270. The number of carbonyl (C=O) groups is 3. The highest BCUT2D eigenvalue weighted by molar-refractivity contribution is 7.99. The van der Waals surface area contributed by atoms with Crippen molar-refractivity contribution < 1.29 is 39.2 Å². The molecule has 1 aliphatic rings. The van der Waals surface area contributed by atoms with Crippen LogP contribution in [0.4, 0.5) is 0 Å². The second-order valence-electron chi connectivity index (χ2n) is 11.4. The fourth-order valence-corrected chi connectivity index (χ4v) is 6.53. The van der Waals surface area contributed by atoms with E-state index in [0.717, 1.165) is 38.3 Å². The van der Waals surface area contributed by atoms with Crippen molar-refractivity contribution in [2.24, 2.45) is 5.92 Å². The second-order valence-corrected chi connectivity index (χ2v) is 12.5. The highest BCUT2D eigenvalue weighted by Gasteiger charge is 2.38. The molecule has 244 valence electrons. The van der Waals surface area contributed by atoms with Crippen molar-refractivity contribution in [2.75, 3.05) is 5.75 Å². The van der Waals surface area contributed by atoms with Gasteiger partial charge in [-0.05, 0) is 52.1 Å². The maximum atomic E-state index is 12.1. The molecule has 0 unspecified atom stereocenters. The van der Waals surface area contributed by atoms with Crippen LogP contribution in [-0.4, -0.2) is 45.0 Å². The van der Waals surface area contributed by atoms with Crippen LogP contribution in [0.15, 0.2) is 102 Å². The van der Waals surface area contributed by atoms with Gasteiger partial charge in [-0.2, -0.15) is 0 Å². The Morgan fingerprint density at radius 3 is 2.15 bits per heavy atom. The number of carbonyl (C=O) groups excluding carboxylic acids is 1. The number of aromatic carboxylic acids is 1. The molecule has 0 bridgehead atoms. The van der Waals surface area contributed by atoms with E-state index >= 15 is 0 Å². The van der Waals surface area contributed by atoms with E-state index in [0.29, 0.717) is 5.75 Å². The number of hydrogen-bond acceptors (Lipinski definition) is 7. The third kappa shape index (κ3) is 8.87. The van der Waals surface area contributed by atoms with E-state index in [9.17, 15) is 24.6 Å². The molecule has 1 fully saturated rings. The van der Waals surface area contributed by atoms with Crippen molar-refractivity contribution in [3.05, 3.63) is 125 Å². The summed E-state index contributed by atoms with van der Waals surface area (Å²) >= 11 is 1.60. The monoisotopic (exact) mass is 655 g/mol. The van der Waals surface area contributed by atoms with Gasteiger partial charge < -0.3 is 30.1 Å². The molecule has 0 saturated carbocycles. The number of carboxylic acids is 2. The zero-order chi connectivity index (χ0) is 33.3. The number of benzene rings is 4. The Hall–Kier alpha value is -4.48. The molecule has 0 aliphatic carbocycles. The normalized spacial score (nSPS) is 19.2. The molecule has 1 heterocycles. The van der Waals surface area contributed by atoms with E-state index in [1.165, 1.54) is 0 Å². The predicted molar refractivity (Wildman–Crippen MR) is 178 cm³/mol. The third-order valence-corrected chi connectivity index (χ3v) is 9.29. The van der Waals surface area contributed by atoms with E-state index < -0.39 is 18.2 Å². The Morgan fingerprint density at radius 2 is 1.49 bits per heavy atom. The van der Waals surface area contributed by atoms with Gasteiger partial charge in [-0.25, -0.2) is 4.79 Å². The number of rotatable bonds is 13. The van der Waals surface area contributed by atoms with Gasteiger partial charge in [0.05, 0.1) is 30.8 Å². The maximum Gasteiger partial charge on any atom is 0.335 e. The van der Waals surface area contributed by atoms with Crippen molar-refractivity contribution in [3.63, 3.8) is 0 Å². The van der Waals surface area contributed by atoms with Crippen molar-refractivity contribution >= 4 is 29.6 Å². The largest absolute Gasteiger partial charge is 0.481 e. The highest BCUT2D eigenvalue weighted by Crippen LogP contribution is 2.43. The van der Waals surface area contributed by atoms with E-state index in [1.807, 2.05) is 72.8 Å². The minimum absolute atomic E-state index is 0.00567. The number of hydrogen-bond donors (Lipinski definition) is 4. The summed E-state index contributed by atoms with van der Waals surface area (Å²) in [5.41, 5.74) is 5.68. The van der Waals surface area contributed by atoms with Gasteiger partial charge in [-0.1, -0.05) is 79.7 Å². The standard InChI is InChI=1S/C37H37NO8S/c1-23-32(22-47-30-16-14-27(15-17-30)36(43)44)45-37(46-35(23)26-8-6-24(21-39)7-9-26)28-12-10-25(11-13-28)31-5-3-2-4-29(31)20-38-33(40)18-19-34(41)42/h2-17,23,32,35,37,39H,18-22H2,1H3,(H,38,40)(H,41,42)(H,43,44)/t23-,32+,35+,37+/m0/s1. The molecule has 9 nitrogen and oxygen atoms in total. The van der Waals surface area contributed by atoms with Gasteiger partial charge in [0.15, 0.2) is 6.29 Å². The lowest BCUT2D eigenvalue weighted by molar-refractivity contribution is -0.268. The SMILES string of the molecule is C[C@H]1[C@@H](CSc2ccc(C(=O)O)cc2)O[C@@H](c2ccc(-c3ccccc3CNC(=O)CCC(=O)O)cc2)O[C@H]1c1ccc(CO)cc1. The van der Waals surface area contributed by atoms with Gasteiger partial charge in [-0.3, -0.25) is 9.59 Å². The van der Waals surface area contributed by atoms with Crippen molar-refractivity contribution in [1.29, 1.82) is 0 Å². The van der Waals surface area contributed by atoms with Gasteiger partial charge in [0.25, 0.3) is 0 Å².